The number of likely N-dealkylation sites (N-methyl/N-ethyl adjacent to an activating group) is 1. The molecule has 0 aromatic heterocycles. The molecule has 0 bridgehead atoms. The molecule has 0 fully saturated rings. The number of benzene rings is 1. The zero-order valence-electron chi connectivity index (χ0n) is 11.1. The molecule has 0 heterocycles. The van der Waals surface area contributed by atoms with Crippen molar-refractivity contribution in [1.29, 1.82) is 0 Å². The zero-order chi connectivity index (χ0) is 15.3. The van der Waals surface area contributed by atoms with Crippen molar-refractivity contribution >= 4 is 35.1 Å². The average Bonchev–Trinajstić information content (AvgIpc) is 2.39. The number of esters is 1. The van der Waals surface area contributed by atoms with E-state index in [9.17, 15) is 14.0 Å². The largest absolute Gasteiger partial charge is 0.465 e. The minimum atomic E-state index is -0.744. The number of hydrogen-bond acceptors (Lipinski definition) is 3. The summed E-state index contributed by atoms with van der Waals surface area (Å²) >= 11 is 11.5. The van der Waals surface area contributed by atoms with E-state index < -0.39 is 17.7 Å². The maximum Gasteiger partial charge on any atom is 0.325 e. The summed E-state index contributed by atoms with van der Waals surface area (Å²) in [7, 11) is 0. The number of ether oxygens (including phenoxy) is 1. The van der Waals surface area contributed by atoms with Gasteiger partial charge in [-0.3, -0.25) is 9.59 Å². The van der Waals surface area contributed by atoms with Gasteiger partial charge in [0, 0.05) is 6.54 Å². The Bertz CT molecular complexity index is 523. The molecule has 0 saturated carbocycles. The van der Waals surface area contributed by atoms with Crippen LogP contribution in [-0.4, -0.2) is 36.5 Å². The van der Waals surface area contributed by atoms with Crippen LogP contribution in [0.15, 0.2) is 12.1 Å². The van der Waals surface area contributed by atoms with Crippen molar-refractivity contribution in [2.24, 2.45) is 0 Å². The molecule has 0 atom stereocenters. The van der Waals surface area contributed by atoms with E-state index in [2.05, 4.69) is 0 Å². The van der Waals surface area contributed by atoms with E-state index in [1.165, 1.54) is 4.90 Å². The fraction of sp³-hybridized carbons (Fsp3) is 0.385. The van der Waals surface area contributed by atoms with Gasteiger partial charge in [-0.15, -0.1) is 0 Å². The number of halogens is 3. The summed E-state index contributed by atoms with van der Waals surface area (Å²) in [6, 6.07) is 2.12. The van der Waals surface area contributed by atoms with Crippen molar-refractivity contribution in [2.75, 3.05) is 19.7 Å². The van der Waals surface area contributed by atoms with Gasteiger partial charge in [-0.1, -0.05) is 23.2 Å². The fourth-order valence-corrected chi connectivity index (χ4v) is 2.01. The highest BCUT2D eigenvalue weighted by atomic mass is 35.5. The van der Waals surface area contributed by atoms with Crippen LogP contribution in [-0.2, 0) is 9.53 Å². The molecule has 0 saturated heterocycles. The summed E-state index contributed by atoms with van der Waals surface area (Å²) < 4.78 is 18.2. The second-order valence-electron chi connectivity index (χ2n) is 3.87. The Hall–Kier alpha value is -1.33. The smallest absolute Gasteiger partial charge is 0.325 e. The van der Waals surface area contributed by atoms with Gasteiger partial charge in [0.25, 0.3) is 5.91 Å². The highest BCUT2D eigenvalue weighted by Gasteiger charge is 2.21. The lowest BCUT2D eigenvalue weighted by atomic mass is 10.2. The number of carbonyl (C=O) groups is 2. The highest BCUT2D eigenvalue weighted by molar-refractivity contribution is 6.36. The van der Waals surface area contributed by atoms with Crippen molar-refractivity contribution in [2.45, 2.75) is 13.8 Å². The van der Waals surface area contributed by atoms with Crippen LogP contribution in [0.3, 0.4) is 0 Å². The first-order valence-corrected chi connectivity index (χ1v) is 6.75. The Morgan fingerprint density at radius 3 is 2.45 bits per heavy atom. The summed E-state index contributed by atoms with van der Waals surface area (Å²) in [5.41, 5.74) is -0.0419. The standard InChI is InChI=1S/C13H14Cl2FNO3/c1-3-17(7-12(18)20-4-2)13(19)8-5-11(16)10(15)6-9(8)14/h5-6H,3-4,7H2,1-2H3. The average molecular weight is 322 g/mol. The van der Waals surface area contributed by atoms with Crippen LogP contribution < -0.4 is 0 Å². The van der Waals surface area contributed by atoms with Crippen LogP contribution in [0, 0.1) is 5.82 Å². The number of carbonyl (C=O) groups excluding carboxylic acids is 2. The van der Waals surface area contributed by atoms with Gasteiger partial charge < -0.3 is 9.64 Å². The molecular formula is C13H14Cl2FNO3. The van der Waals surface area contributed by atoms with E-state index in [0.717, 1.165) is 12.1 Å². The third kappa shape index (κ3) is 4.08. The first-order valence-electron chi connectivity index (χ1n) is 6.00. The molecule has 0 aliphatic carbocycles. The molecular weight excluding hydrogens is 308 g/mol. The number of hydrogen-bond donors (Lipinski definition) is 0. The van der Waals surface area contributed by atoms with Gasteiger partial charge in [-0.05, 0) is 26.0 Å². The predicted octanol–water partition coefficient (Wildman–Crippen LogP) is 3.16. The second kappa shape index (κ2) is 7.45. The summed E-state index contributed by atoms with van der Waals surface area (Å²) in [6.45, 7) is 3.63. The summed E-state index contributed by atoms with van der Waals surface area (Å²) in [5.74, 6) is -1.83. The van der Waals surface area contributed by atoms with Crippen LogP contribution in [0.2, 0.25) is 10.0 Å². The number of rotatable bonds is 5. The molecule has 7 heteroatoms. The van der Waals surface area contributed by atoms with Gasteiger partial charge in [-0.2, -0.15) is 0 Å². The lowest BCUT2D eigenvalue weighted by Gasteiger charge is -2.20. The van der Waals surface area contributed by atoms with Gasteiger partial charge in [0.1, 0.15) is 12.4 Å². The van der Waals surface area contributed by atoms with Crippen LogP contribution in [0.4, 0.5) is 4.39 Å². The molecule has 0 aliphatic heterocycles. The van der Waals surface area contributed by atoms with Crippen molar-refractivity contribution < 1.29 is 18.7 Å². The molecule has 0 spiro atoms. The maximum absolute atomic E-state index is 13.4. The van der Waals surface area contributed by atoms with Crippen molar-refractivity contribution in [3.63, 3.8) is 0 Å². The van der Waals surface area contributed by atoms with Crippen molar-refractivity contribution in [3.05, 3.63) is 33.6 Å². The Kier molecular flexibility index (Phi) is 6.23. The normalized spacial score (nSPS) is 10.2. The van der Waals surface area contributed by atoms with E-state index >= 15 is 0 Å². The minimum Gasteiger partial charge on any atom is -0.465 e. The maximum atomic E-state index is 13.4. The molecule has 0 radical (unpaired) electrons. The van der Waals surface area contributed by atoms with E-state index in [0.29, 0.717) is 0 Å². The molecule has 110 valence electrons. The van der Waals surface area contributed by atoms with Crippen molar-refractivity contribution in [1.82, 2.24) is 4.90 Å². The van der Waals surface area contributed by atoms with Gasteiger partial charge >= 0.3 is 5.97 Å². The van der Waals surface area contributed by atoms with Crippen LogP contribution >= 0.6 is 23.2 Å². The molecule has 20 heavy (non-hydrogen) atoms. The summed E-state index contributed by atoms with van der Waals surface area (Å²) in [6.07, 6.45) is 0. The third-order valence-corrected chi connectivity index (χ3v) is 3.14. The fourth-order valence-electron chi connectivity index (χ4n) is 1.55. The van der Waals surface area contributed by atoms with Crippen LogP contribution in [0.1, 0.15) is 24.2 Å². The first kappa shape index (κ1) is 16.7. The van der Waals surface area contributed by atoms with E-state index in [1.807, 2.05) is 0 Å². The van der Waals surface area contributed by atoms with Gasteiger partial charge in [0.2, 0.25) is 0 Å². The lowest BCUT2D eigenvalue weighted by Crippen LogP contribution is -2.36. The quantitative estimate of drug-likeness (QED) is 0.618. The second-order valence-corrected chi connectivity index (χ2v) is 4.68. The molecule has 0 N–H and O–H groups in total. The Morgan fingerprint density at radius 1 is 1.25 bits per heavy atom. The highest BCUT2D eigenvalue weighted by Crippen LogP contribution is 2.25. The summed E-state index contributed by atoms with van der Waals surface area (Å²) in [5, 5.41) is -0.135. The zero-order valence-corrected chi connectivity index (χ0v) is 12.6. The Balaban J connectivity index is 2.97. The topological polar surface area (TPSA) is 46.6 Å². The lowest BCUT2D eigenvalue weighted by molar-refractivity contribution is -0.143. The molecule has 1 rings (SSSR count). The molecule has 1 aromatic rings. The predicted molar refractivity (Wildman–Crippen MR) is 74.6 cm³/mol. The molecule has 0 unspecified atom stereocenters. The van der Waals surface area contributed by atoms with Crippen LogP contribution in [0.5, 0.6) is 0 Å². The summed E-state index contributed by atoms with van der Waals surface area (Å²) in [4.78, 5) is 24.8. The monoisotopic (exact) mass is 321 g/mol. The Labute approximate surface area is 126 Å². The van der Waals surface area contributed by atoms with E-state index in [4.69, 9.17) is 27.9 Å². The number of nitrogens with zero attached hydrogens (tertiary/aromatic N) is 1. The molecule has 0 aliphatic rings. The molecule has 1 amide bonds. The molecule has 4 nitrogen and oxygen atoms in total. The van der Waals surface area contributed by atoms with Crippen LogP contribution in [0.25, 0.3) is 0 Å². The van der Waals surface area contributed by atoms with Gasteiger partial charge in [-0.25, -0.2) is 4.39 Å². The third-order valence-electron chi connectivity index (χ3n) is 2.53. The van der Waals surface area contributed by atoms with Gasteiger partial charge in [0.15, 0.2) is 0 Å². The van der Waals surface area contributed by atoms with E-state index in [-0.39, 0.29) is 35.3 Å². The van der Waals surface area contributed by atoms with Crippen molar-refractivity contribution in [3.8, 4) is 0 Å². The SMILES string of the molecule is CCOC(=O)CN(CC)C(=O)c1cc(F)c(Cl)cc1Cl. The first-order chi connectivity index (χ1) is 9.40. The van der Waals surface area contributed by atoms with E-state index in [1.54, 1.807) is 13.8 Å². The Morgan fingerprint density at radius 2 is 1.90 bits per heavy atom. The number of amides is 1. The molecule has 1 aromatic carbocycles. The van der Waals surface area contributed by atoms with Gasteiger partial charge in [0.05, 0.1) is 22.2 Å². The minimum absolute atomic E-state index is 0.0312.